The molecule has 0 aromatic heterocycles. The van der Waals surface area contributed by atoms with E-state index in [9.17, 15) is 22.8 Å². The predicted octanol–water partition coefficient (Wildman–Crippen LogP) is 3.87. The van der Waals surface area contributed by atoms with Crippen molar-refractivity contribution in [2.45, 2.75) is 12.6 Å². The van der Waals surface area contributed by atoms with Gasteiger partial charge in [0.1, 0.15) is 0 Å². The summed E-state index contributed by atoms with van der Waals surface area (Å²) >= 11 is 1.84. The molecule has 2 amide bonds. The summed E-state index contributed by atoms with van der Waals surface area (Å²) in [5, 5.41) is 5.37. The third-order valence-electron chi connectivity index (χ3n) is 4.60. The van der Waals surface area contributed by atoms with Crippen LogP contribution in [0.2, 0.25) is 0 Å². The molecule has 0 bridgehead atoms. The Kier molecular flexibility index (Phi) is 7.25. The van der Waals surface area contributed by atoms with Crippen LogP contribution in [0.15, 0.2) is 48.5 Å². The number of halogens is 3. The van der Waals surface area contributed by atoms with E-state index in [0.717, 1.165) is 42.3 Å². The van der Waals surface area contributed by atoms with Gasteiger partial charge >= 0.3 is 6.18 Å². The van der Waals surface area contributed by atoms with E-state index in [-0.39, 0.29) is 24.0 Å². The molecule has 1 saturated heterocycles. The SMILES string of the molecule is O=C(CNc1cccc(C(F)(F)F)c1)Nc1ccc(CC(=O)N2CCSCC2)cc1. The average Bonchev–Trinajstić information content (AvgIpc) is 2.74. The number of thioether (sulfide) groups is 1. The lowest BCUT2D eigenvalue weighted by Crippen LogP contribution is -2.38. The molecule has 5 nitrogen and oxygen atoms in total. The van der Waals surface area contributed by atoms with Crippen molar-refractivity contribution < 1.29 is 22.8 Å². The van der Waals surface area contributed by atoms with Gasteiger partial charge in [0.25, 0.3) is 0 Å². The molecule has 1 aliphatic heterocycles. The molecule has 0 radical (unpaired) electrons. The van der Waals surface area contributed by atoms with Crippen LogP contribution in [0.1, 0.15) is 11.1 Å². The fourth-order valence-electron chi connectivity index (χ4n) is 3.00. The summed E-state index contributed by atoms with van der Waals surface area (Å²) in [6.07, 6.45) is -4.12. The largest absolute Gasteiger partial charge is 0.416 e. The van der Waals surface area contributed by atoms with Gasteiger partial charge in [0, 0.05) is 36.0 Å². The highest BCUT2D eigenvalue weighted by Gasteiger charge is 2.30. The van der Waals surface area contributed by atoms with E-state index in [0.29, 0.717) is 12.1 Å². The zero-order chi connectivity index (χ0) is 21.6. The lowest BCUT2D eigenvalue weighted by Gasteiger charge is -2.26. The van der Waals surface area contributed by atoms with E-state index in [1.165, 1.54) is 12.1 Å². The van der Waals surface area contributed by atoms with Gasteiger partial charge in [-0.1, -0.05) is 18.2 Å². The van der Waals surface area contributed by atoms with Gasteiger partial charge in [0.2, 0.25) is 11.8 Å². The predicted molar refractivity (Wildman–Crippen MR) is 113 cm³/mol. The molecule has 0 atom stereocenters. The van der Waals surface area contributed by atoms with E-state index < -0.39 is 11.7 Å². The Morgan fingerprint density at radius 1 is 1.00 bits per heavy atom. The molecule has 1 heterocycles. The van der Waals surface area contributed by atoms with Crippen molar-refractivity contribution in [1.29, 1.82) is 0 Å². The molecule has 3 rings (SSSR count). The minimum absolute atomic E-state index is 0.0948. The Bertz CT molecular complexity index is 882. The molecule has 1 aliphatic rings. The zero-order valence-corrected chi connectivity index (χ0v) is 17.0. The minimum Gasteiger partial charge on any atom is -0.376 e. The third kappa shape index (κ3) is 6.41. The van der Waals surface area contributed by atoms with Gasteiger partial charge in [0.05, 0.1) is 18.5 Å². The molecule has 0 saturated carbocycles. The van der Waals surface area contributed by atoms with Crippen LogP contribution in [0.3, 0.4) is 0 Å². The Morgan fingerprint density at radius 2 is 1.70 bits per heavy atom. The number of amides is 2. The summed E-state index contributed by atoms with van der Waals surface area (Å²) in [6.45, 7) is 1.38. The van der Waals surface area contributed by atoms with Gasteiger partial charge in [-0.2, -0.15) is 24.9 Å². The van der Waals surface area contributed by atoms with Gasteiger partial charge < -0.3 is 15.5 Å². The van der Waals surface area contributed by atoms with Crippen molar-refractivity contribution >= 4 is 35.0 Å². The first kappa shape index (κ1) is 22.0. The molecule has 0 aliphatic carbocycles. The van der Waals surface area contributed by atoms with Crippen LogP contribution >= 0.6 is 11.8 Å². The van der Waals surface area contributed by atoms with Gasteiger partial charge in [-0.25, -0.2) is 0 Å². The smallest absolute Gasteiger partial charge is 0.376 e. The van der Waals surface area contributed by atoms with Crippen LogP contribution in [0.4, 0.5) is 24.5 Å². The molecule has 2 aromatic rings. The number of benzene rings is 2. The van der Waals surface area contributed by atoms with Crippen LogP contribution in [0.25, 0.3) is 0 Å². The number of carbonyl (C=O) groups is 2. The highest BCUT2D eigenvalue weighted by Crippen LogP contribution is 2.30. The van der Waals surface area contributed by atoms with E-state index in [2.05, 4.69) is 10.6 Å². The van der Waals surface area contributed by atoms with E-state index in [1.54, 1.807) is 24.3 Å². The van der Waals surface area contributed by atoms with Crippen molar-refractivity contribution in [2.24, 2.45) is 0 Å². The van der Waals surface area contributed by atoms with Gasteiger partial charge in [-0.15, -0.1) is 0 Å². The van der Waals surface area contributed by atoms with Gasteiger partial charge in [-0.05, 0) is 35.9 Å². The maximum absolute atomic E-state index is 12.7. The molecular formula is C21H22F3N3O2S. The van der Waals surface area contributed by atoms with Crippen LogP contribution in [0.5, 0.6) is 0 Å². The number of nitrogens with zero attached hydrogens (tertiary/aromatic N) is 1. The molecule has 1 fully saturated rings. The van der Waals surface area contributed by atoms with Crippen molar-refractivity contribution in [3.8, 4) is 0 Å². The number of hydrogen-bond acceptors (Lipinski definition) is 4. The summed E-state index contributed by atoms with van der Waals surface area (Å²) in [5.74, 6) is 1.63. The van der Waals surface area contributed by atoms with Gasteiger partial charge in [0.15, 0.2) is 0 Å². The normalized spacial score (nSPS) is 14.3. The summed E-state index contributed by atoms with van der Waals surface area (Å²) in [7, 11) is 0. The van der Waals surface area contributed by atoms with E-state index in [4.69, 9.17) is 0 Å². The first-order chi connectivity index (χ1) is 14.3. The fourth-order valence-corrected chi connectivity index (χ4v) is 3.90. The number of hydrogen-bond donors (Lipinski definition) is 2. The molecule has 0 spiro atoms. The number of alkyl halides is 3. The van der Waals surface area contributed by atoms with Crippen LogP contribution in [0, 0.1) is 0 Å². The standard InChI is InChI=1S/C21H22F3N3O2S/c22-21(23,24)16-2-1-3-18(13-16)25-14-19(28)26-17-6-4-15(5-7-17)12-20(29)27-8-10-30-11-9-27/h1-7,13,25H,8-12,14H2,(H,26,28). The van der Waals surface area contributed by atoms with Crippen molar-refractivity contribution in [2.75, 3.05) is 41.8 Å². The Labute approximate surface area is 177 Å². The van der Waals surface area contributed by atoms with Crippen LogP contribution in [-0.4, -0.2) is 47.9 Å². The molecular weight excluding hydrogens is 415 g/mol. The molecule has 2 N–H and O–H groups in total. The lowest BCUT2D eigenvalue weighted by atomic mass is 10.1. The second-order valence-electron chi connectivity index (χ2n) is 6.85. The maximum Gasteiger partial charge on any atom is 0.416 e. The second-order valence-corrected chi connectivity index (χ2v) is 8.07. The van der Waals surface area contributed by atoms with Crippen molar-refractivity contribution in [1.82, 2.24) is 4.90 Å². The lowest BCUT2D eigenvalue weighted by molar-refractivity contribution is -0.137. The maximum atomic E-state index is 12.7. The second kappa shape index (κ2) is 9.88. The van der Waals surface area contributed by atoms with Crippen molar-refractivity contribution in [3.63, 3.8) is 0 Å². The minimum atomic E-state index is -4.43. The fraction of sp³-hybridized carbons (Fsp3) is 0.333. The molecule has 160 valence electrons. The van der Waals surface area contributed by atoms with Crippen LogP contribution in [-0.2, 0) is 22.2 Å². The third-order valence-corrected chi connectivity index (χ3v) is 5.54. The summed E-state index contributed by atoms with van der Waals surface area (Å²) in [4.78, 5) is 26.2. The van der Waals surface area contributed by atoms with Gasteiger partial charge in [-0.3, -0.25) is 9.59 Å². The number of nitrogens with one attached hydrogen (secondary N) is 2. The molecule has 0 unspecified atom stereocenters. The number of rotatable bonds is 6. The quantitative estimate of drug-likeness (QED) is 0.720. The summed E-state index contributed by atoms with van der Waals surface area (Å²) in [6, 6.07) is 11.7. The molecule has 30 heavy (non-hydrogen) atoms. The molecule has 2 aromatic carbocycles. The van der Waals surface area contributed by atoms with E-state index >= 15 is 0 Å². The summed E-state index contributed by atoms with van der Waals surface area (Å²) in [5.41, 5.74) is 0.848. The Hall–Kier alpha value is -2.68. The monoisotopic (exact) mass is 437 g/mol. The van der Waals surface area contributed by atoms with E-state index in [1.807, 2.05) is 16.7 Å². The van der Waals surface area contributed by atoms with Crippen LogP contribution < -0.4 is 10.6 Å². The number of carbonyl (C=O) groups excluding carboxylic acids is 2. The Balaban J connectivity index is 1.48. The highest BCUT2D eigenvalue weighted by molar-refractivity contribution is 7.99. The number of anilines is 2. The molecule has 9 heteroatoms. The average molecular weight is 437 g/mol. The Morgan fingerprint density at radius 3 is 2.37 bits per heavy atom. The summed E-state index contributed by atoms with van der Waals surface area (Å²) < 4.78 is 38.2. The zero-order valence-electron chi connectivity index (χ0n) is 16.2. The first-order valence-electron chi connectivity index (χ1n) is 9.47. The highest BCUT2D eigenvalue weighted by atomic mass is 32.2. The van der Waals surface area contributed by atoms with Crippen molar-refractivity contribution in [3.05, 3.63) is 59.7 Å². The topological polar surface area (TPSA) is 61.4 Å². The first-order valence-corrected chi connectivity index (χ1v) is 10.6.